The van der Waals surface area contributed by atoms with Crippen LogP contribution in [-0.2, 0) is 9.59 Å². The summed E-state index contributed by atoms with van der Waals surface area (Å²) < 4.78 is 0. The molecule has 1 amide bonds. The van der Waals surface area contributed by atoms with Gasteiger partial charge in [-0.3, -0.25) is 4.79 Å². The maximum Gasteiger partial charge on any atom is 0.326 e. The molecule has 1 fully saturated rings. The summed E-state index contributed by atoms with van der Waals surface area (Å²) in [5, 5.41) is 8.74. The highest BCUT2D eigenvalue weighted by atomic mass is 32.2. The van der Waals surface area contributed by atoms with E-state index in [1.165, 1.54) is 16.7 Å². The van der Waals surface area contributed by atoms with Gasteiger partial charge in [-0.25, -0.2) is 4.79 Å². The summed E-state index contributed by atoms with van der Waals surface area (Å²) in [4.78, 5) is 24.0. The summed E-state index contributed by atoms with van der Waals surface area (Å²) in [5.41, 5.74) is 0. The van der Waals surface area contributed by atoms with Crippen molar-refractivity contribution in [1.82, 2.24) is 4.90 Å². The summed E-state index contributed by atoms with van der Waals surface area (Å²) in [6.45, 7) is 2.39. The van der Waals surface area contributed by atoms with Crippen LogP contribution < -0.4 is 0 Å². The number of amides is 1. The Morgan fingerprint density at radius 2 is 2.21 bits per heavy atom. The fourth-order valence-corrected chi connectivity index (χ4v) is 1.96. The van der Waals surface area contributed by atoms with Crippen LogP contribution >= 0.6 is 11.8 Å². The number of carbonyl (C=O) groups is 2. The van der Waals surface area contributed by atoms with Crippen molar-refractivity contribution < 1.29 is 14.7 Å². The molecule has 4 nitrogen and oxygen atoms in total. The monoisotopic (exact) mass is 217 g/mol. The minimum absolute atomic E-state index is 0.0533. The van der Waals surface area contributed by atoms with E-state index in [0.29, 0.717) is 13.0 Å². The average Bonchev–Trinajstić information content (AvgIpc) is 2.63. The number of thioether (sulfide) groups is 1. The molecular weight excluding hydrogens is 202 g/mol. The Morgan fingerprint density at radius 1 is 1.57 bits per heavy atom. The van der Waals surface area contributed by atoms with E-state index < -0.39 is 12.0 Å². The van der Waals surface area contributed by atoms with Crippen molar-refractivity contribution in [2.75, 3.05) is 12.8 Å². The lowest BCUT2D eigenvalue weighted by atomic mass is 10.2. The molecule has 1 rings (SSSR count). The molecule has 1 unspecified atom stereocenters. The Balaban J connectivity index is 2.67. The van der Waals surface area contributed by atoms with Crippen LogP contribution in [0.3, 0.4) is 0 Å². The van der Waals surface area contributed by atoms with Crippen molar-refractivity contribution in [2.45, 2.75) is 31.1 Å². The Morgan fingerprint density at radius 3 is 2.71 bits per heavy atom. The largest absolute Gasteiger partial charge is 0.480 e. The quantitative estimate of drug-likeness (QED) is 0.760. The van der Waals surface area contributed by atoms with Crippen LogP contribution in [0.15, 0.2) is 0 Å². The van der Waals surface area contributed by atoms with E-state index in [4.69, 9.17) is 5.11 Å². The molecule has 0 aromatic heterocycles. The molecule has 1 aliphatic rings. The molecule has 1 aliphatic heterocycles. The highest BCUT2D eigenvalue weighted by Crippen LogP contribution is 2.21. The van der Waals surface area contributed by atoms with E-state index in [-0.39, 0.29) is 11.2 Å². The van der Waals surface area contributed by atoms with E-state index in [9.17, 15) is 9.59 Å². The molecule has 1 saturated heterocycles. The molecule has 80 valence electrons. The predicted octanol–water partition coefficient (Wildman–Crippen LogP) is 0.813. The van der Waals surface area contributed by atoms with E-state index >= 15 is 0 Å². The van der Waals surface area contributed by atoms with Crippen molar-refractivity contribution in [2.24, 2.45) is 0 Å². The molecule has 0 aromatic carbocycles. The first-order valence-corrected chi connectivity index (χ1v) is 5.92. The molecule has 0 aromatic rings. The molecule has 14 heavy (non-hydrogen) atoms. The fourth-order valence-electron chi connectivity index (χ4n) is 1.62. The summed E-state index contributed by atoms with van der Waals surface area (Å²) in [5.74, 6) is -0.938. The number of nitrogens with zero attached hydrogens (tertiary/aromatic N) is 1. The van der Waals surface area contributed by atoms with Crippen LogP contribution in [0.2, 0.25) is 0 Å². The third-order valence-corrected chi connectivity index (χ3v) is 3.43. The Kier molecular flexibility index (Phi) is 3.80. The van der Waals surface area contributed by atoms with Gasteiger partial charge in [0.05, 0.1) is 5.25 Å². The summed E-state index contributed by atoms with van der Waals surface area (Å²) in [7, 11) is 0. The van der Waals surface area contributed by atoms with Gasteiger partial charge in [-0.05, 0) is 26.0 Å². The lowest BCUT2D eigenvalue weighted by Gasteiger charge is -2.23. The van der Waals surface area contributed by atoms with Crippen molar-refractivity contribution in [1.29, 1.82) is 0 Å². The first kappa shape index (κ1) is 11.4. The number of carboxylic acid groups (broad SMARTS) is 1. The first-order valence-electron chi connectivity index (χ1n) is 4.64. The standard InChI is InChI=1S/C9H15NO3S/c1-6(14-2)8(11)10-5-3-4-7(10)9(12)13/h6-7H,3-5H2,1-2H3,(H,12,13)/t6?,7-/m1/s1. The van der Waals surface area contributed by atoms with Gasteiger partial charge in [0.25, 0.3) is 0 Å². The first-order chi connectivity index (χ1) is 6.57. The number of hydrogen-bond acceptors (Lipinski definition) is 3. The molecule has 0 radical (unpaired) electrons. The second-order valence-corrected chi connectivity index (χ2v) is 4.58. The van der Waals surface area contributed by atoms with E-state index in [1.807, 2.05) is 13.2 Å². The zero-order chi connectivity index (χ0) is 10.7. The molecule has 1 N–H and O–H groups in total. The SMILES string of the molecule is CSC(C)C(=O)N1CCC[C@@H]1C(=O)O. The predicted molar refractivity (Wildman–Crippen MR) is 55.3 cm³/mol. The van der Waals surface area contributed by atoms with Gasteiger partial charge in [0.1, 0.15) is 6.04 Å². The van der Waals surface area contributed by atoms with Gasteiger partial charge in [-0.1, -0.05) is 0 Å². The van der Waals surface area contributed by atoms with Crippen molar-refractivity contribution in [3.05, 3.63) is 0 Å². The van der Waals surface area contributed by atoms with Crippen molar-refractivity contribution >= 4 is 23.6 Å². The van der Waals surface area contributed by atoms with E-state index in [2.05, 4.69) is 0 Å². The number of aliphatic carboxylic acids is 1. The van der Waals surface area contributed by atoms with Crippen LogP contribution in [0.25, 0.3) is 0 Å². The third kappa shape index (κ3) is 2.20. The second-order valence-electron chi connectivity index (χ2n) is 3.41. The Labute approximate surface area is 87.7 Å². The minimum Gasteiger partial charge on any atom is -0.480 e. The molecule has 5 heteroatoms. The Bertz CT molecular complexity index is 244. The Hall–Kier alpha value is -0.710. The lowest BCUT2D eigenvalue weighted by Crippen LogP contribution is -2.43. The molecular formula is C9H15NO3S. The number of carbonyl (C=O) groups excluding carboxylic acids is 1. The molecule has 0 saturated carbocycles. The zero-order valence-corrected chi connectivity index (χ0v) is 9.21. The molecule has 2 atom stereocenters. The second kappa shape index (κ2) is 4.68. The van der Waals surface area contributed by atoms with Crippen LogP contribution in [0.4, 0.5) is 0 Å². The average molecular weight is 217 g/mol. The topological polar surface area (TPSA) is 57.6 Å². The number of carboxylic acids is 1. The highest BCUT2D eigenvalue weighted by molar-refractivity contribution is 7.99. The maximum atomic E-state index is 11.7. The number of rotatable bonds is 3. The van der Waals surface area contributed by atoms with Crippen LogP contribution in [0.1, 0.15) is 19.8 Å². The van der Waals surface area contributed by atoms with Crippen molar-refractivity contribution in [3.63, 3.8) is 0 Å². The van der Waals surface area contributed by atoms with Gasteiger partial charge in [-0.2, -0.15) is 11.8 Å². The third-order valence-electron chi connectivity index (χ3n) is 2.52. The van der Waals surface area contributed by atoms with E-state index in [1.54, 1.807) is 0 Å². The van der Waals surface area contributed by atoms with E-state index in [0.717, 1.165) is 6.42 Å². The van der Waals surface area contributed by atoms with Gasteiger partial charge in [0.15, 0.2) is 0 Å². The van der Waals surface area contributed by atoms with Crippen molar-refractivity contribution in [3.8, 4) is 0 Å². The lowest BCUT2D eigenvalue weighted by molar-refractivity contribution is -0.147. The molecule has 1 heterocycles. The van der Waals surface area contributed by atoms with Crippen LogP contribution in [0, 0.1) is 0 Å². The summed E-state index contributed by atoms with van der Waals surface area (Å²) >= 11 is 1.45. The van der Waals surface area contributed by atoms with Gasteiger partial charge in [-0.15, -0.1) is 0 Å². The fraction of sp³-hybridized carbons (Fsp3) is 0.778. The van der Waals surface area contributed by atoms with Gasteiger partial charge in [0.2, 0.25) is 5.91 Å². The normalized spacial score (nSPS) is 23.6. The van der Waals surface area contributed by atoms with Crippen LogP contribution in [0.5, 0.6) is 0 Å². The highest BCUT2D eigenvalue weighted by Gasteiger charge is 2.35. The van der Waals surface area contributed by atoms with Gasteiger partial charge in [0, 0.05) is 6.54 Å². The van der Waals surface area contributed by atoms with Crippen LogP contribution in [-0.4, -0.2) is 46.0 Å². The molecule has 0 bridgehead atoms. The molecule has 0 aliphatic carbocycles. The minimum atomic E-state index is -0.885. The number of hydrogen-bond donors (Lipinski definition) is 1. The zero-order valence-electron chi connectivity index (χ0n) is 8.40. The maximum absolute atomic E-state index is 11.7. The van der Waals surface area contributed by atoms with Gasteiger partial charge >= 0.3 is 5.97 Å². The molecule has 0 spiro atoms. The van der Waals surface area contributed by atoms with Gasteiger partial charge < -0.3 is 10.0 Å². The summed E-state index contributed by atoms with van der Waals surface area (Å²) in [6, 6.07) is -0.600. The summed E-state index contributed by atoms with van der Waals surface area (Å²) in [6.07, 6.45) is 3.24. The smallest absolute Gasteiger partial charge is 0.326 e. The number of likely N-dealkylation sites (tertiary alicyclic amines) is 1.